The van der Waals surface area contributed by atoms with Gasteiger partial charge in [-0.1, -0.05) is 36.4 Å². The van der Waals surface area contributed by atoms with Crippen molar-refractivity contribution in [1.29, 1.82) is 0 Å². The van der Waals surface area contributed by atoms with Crippen molar-refractivity contribution in [3.8, 4) is 0 Å². The Bertz CT molecular complexity index is 1110. The maximum Gasteiger partial charge on any atom is 0.279 e. The Hall–Kier alpha value is -2.00. The van der Waals surface area contributed by atoms with Gasteiger partial charge in [-0.05, 0) is 63.0 Å². The summed E-state index contributed by atoms with van der Waals surface area (Å²) in [6, 6.07) is 13.7. The fraction of sp³-hybridized carbons (Fsp3) is 0.560. The van der Waals surface area contributed by atoms with E-state index in [1.165, 1.54) is 24.0 Å². The highest BCUT2D eigenvalue weighted by Crippen LogP contribution is 2.35. The van der Waals surface area contributed by atoms with Crippen LogP contribution in [0.5, 0.6) is 0 Å². The SMILES string of the molecule is Cc1ccc2n(c1=O)C(COC1CCC(c3ccccc3)CC1)C(NS(=O)(=O)N(C)C)CC2. The molecule has 0 spiro atoms. The molecule has 2 heterocycles. The first-order chi connectivity index (χ1) is 15.8. The molecule has 4 rings (SSSR count). The lowest BCUT2D eigenvalue weighted by molar-refractivity contribution is -0.00177. The van der Waals surface area contributed by atoms with Gasteiger partial charge in [0.25, 0.3) is 15.8 Å². The second kappa shape index (κ2) is 10.1. The van der Waals surface area contributed by atoms with Gasteiger partial charge in [0.2, 0.25) is 0 Å². The van der Waals surface area contributed by atoms with Crippen LogP contribution in [-0.4, -0.2) is 50.1 Å². The standard InChI is InChI=1S/C25H35N3O4S/c1-18-9-12-21-13-16-23(26-33(30,31)27(2)3)24(28(21)25(18)29)17-32-22-14-10-20(11-15-22)19-7-5-4-6-8-19/h4-9,12,20,22-24,26H,10-11,13-17H2,1-3H3. The number of ether oxygens (including phenoxy) is 1. The van der Waals surface area contributed by atoms with E-state index in [0.29, 0.717) is 30.9 Å². The minimum atomic E-state index is -3.62. The molecule has 180 valence electrons. The number of nitrogens with one attached hydrogen (secondary N) is 1. The van der Waals surface area contributed by atoms with Crippen LogP contribution in [-0.2, 0) is 21.4 Å². The zero-order chi connectivity index (χ0) is 23.6. The Morgan fingerprint density at radius 2 is 1.73 bits per heavy atom. The van der Waals surface area contributed by atoms with Gasteiger partial charge in [0.15, 0.2) is 0 Å². The normalized spacial score (nSPS) is 25.7. The minimum Gasteiger partial charge on any atom is -0.376 e. The Morgan fingerprint density at radius 1 is 1.03 bits per heavy atom. The second-order valence-corrected chi connectivity index (χ2v) is 11.4. The summed E-state index contributed by atoms with van der Waals surface area (Å²) in [5, 5.41) is 0. The maximum absolute atomic E-state index is 13.0. The van der Waals surface area contributed by atoms with Crippen molar-refractivity contribution < 1.29 is 13.2 Å². The summed E-state index contributed by atoms with van der Waals surface area (Å²) in [4.78, 5) is 13.0. The molecule has 1 N–H and O–H groups in total. The van der Waals surface area contributed by atoms with E-state index in [-0.39, 0.29) is 17.7 Å². The third-order valence-electron chi connectivity index (χ3n) is 7.13. The van der Waals surface area contributed by atoms with Gasteiger partial charge >= 0.3 is 0 Å². The van der Waals surface area contributed by atoms with Crippen LogP contribution in [0.3, 0.4) is 0 Å². The summed E-state index contributed by atoms with van der Waals surface area (Å²) >= 11 is 0. The zero-order valence-electron chi connectivity index (χ0n) is 19.7. The third kappa shape index (κ3) is 5.40. The van der Waals surface area contributed by atoms with Crippen LogP contribution < -0.4 is 10.3 Å². The molecule has 1 aromatic carbocycles. The van der Waals surface area contributed by atoms with Crippen molar-refractivity contribution in [3.05, 3.63) is 69.6 Å². The van der Waals surface area contributed by atoms with Gasteiger partial charge in [0.05, 0.1) is 18.8 Å². The summed E-state index contributed by atoms with van der Waals surface area (Å²) < 4.78 is 37.2. The molecule has 1 aliphatic heterocycles. The highest BCUT2D eigenvalue weighted by molar-refractivity contribution is 7.87. The number of benzene rings is 1. The molecule has 33 heavy (non-hydrogen) atoms. The summed E-state index contributed by atoms with van der Waals surface area (Å²) in [7, 11) is -0.613. The molecule has 2 aromatic rings. The van der Waals surface area contributed by atoms with Crippen molar-refractivity contribution >= 4 is 10.2 Å². The largest absolute Gasteiger partial charge is 0.376 e. The van der Waals surface area contributed by atoms with Crippen LogP contribution in [0, 0.1) is 6.92 Å². The van der Waals surface area contributed by atoms with E-state index >= 15 is 0 Å². The first-order valence-corrected chi connectivity index (χ1v) is 13.3. The number of nitrogens with zero attached hydrogens (tertiary/aromatic N) is 2. The smallest absolute Gasteiger partial charge is 0.279 e. The molecule has 0 saturated heterocycles. The van der Waals surface area contributed by atoms with Crippen molar-refractivity contribution in [3.63, 3.8) is 0 Å². The van der Waals surface area contributed by atoms with E-state index in [1.807, 2.05) is 18.2 Å². The quantitative estimate of drug-likeness (QED) is 0.670. The van der Waals surface area contributed by atoms with E-state index < -0.39 is 16.3 Å². The Balaban J connectivity index is 1.48. The number of hydrogen-bond donors (Lipinski definition) is 1. The van der Waals surface area contributed by atoms with Crippen LogP contribution >= 0.6 is 0 Å². The second-order valence-electron chi connectivity index (χ2n) is 9.52. The van der Waals surface area contributed by atoms with Gasteiger partial charge in [-0.2, -0.15) is 17.4 Å². The summed E-state index contributed by atoms with van der Waals surface area (Å²) in [6.45, 7) is 2.11. The topological polar surface area (TPSA) is 80.6 Å². The van der Waals surface area contributed by atoms with Crippen molar-refractivity contribution in [2.45, 2.75) is 69.6 Å². The van der Waals surface area contributed by atoms with Crippen LogP contribution in [0.4, 0.5) is 0 Å². The van der Waals surface area contributed by atoms with Crippen LogP contribution in [0.2, 0.25) is 0 Å². The lowest BCUT2D eigenvalue weighted by Gasteiger charge is -2.37. The molecule has 8 heteroatoms. The van der Waals surface area contributed by atoms with Crippen LogP contribution in [0.15, 0.2) is 47.3 Å². The third-order valence-corrected chi connectivity index (χ3v) is 8.69. The van der Waals surface area contributed by atoms with Crippen LogP contribution in [0.1, 0.15) is 60.9 Å². The van der Waals surface area contributed by atoms with E-state index in [1.54, 1.807) is 11.5 Å². The van der Waals surface area contributed by atoms with Crippen molar-refractivity contribution in [2.75, 3.05) is 20.7 Å². The molecule has 1 saturated carbocycles. The molecular formula is C25H35N3O4S. The number of rotatable bonds is 7. The van der Waals surface area contributed by atoms with Crippen molar-refractivity contribution in [1.82, 2.24) is 13.6 Å². The van der Waals surface area contributed by atoms with Crippen LogP contribution in [0.25, 0.3) is 0 Å². The monoisotopic (exact) mass is 473 g/mol. The van der Waals surface area contributed by atoms with Gasteiger partial charge in [-0.25, -0.2) is 0 Å². The van der Waals surface area contributed by atoms with Gasteiger partial charge < -0.3 is 9.30 Å². The van der Waals surface area contributed by atoms with Gasteiger partial charge in [-0.3, -0.25) is 4.79 Å². The molecule has 2 unspecified atom stereocenters. The summed E-state index contributed by atoms with van der Waals surface area (Å²) in [5.41, 5.74) is 2.91. The zero-order valence-corrected chi connectivity index (χ0v) is 20.6. The fourth-order valence-corrected chi connectivity index (χ4v) is 5.95. The molecule has 0 amide bonds. The van der Waals surface area contributed by atoms with Crippen molar-refractivity contribution in [2.24, 2.45) is 0 Å². The number of hydrogen-bond acceptors (Lipinski definition) is 4. The van der Waals surface area contributed by atoms with E-state index in [0.717, 1.165) is 31.4 Å². The maximum atomic E-state index is 13.0. The Morgan fingerprint density at radius 3 is 2.39 bits per heavy atom. The molecule has 1 aliphatic carbocycles. The highest BCUT2D eigenvalue weighted by Gasteiger charge is 2.35. The van der Waals surface area contributed by atoms with Gasteiger partial charge in [0, 0.05) is 31.4 Å². The fourth-order valence-electron chi connectivity index (χ4n) is 5.08. The first kappa shape index (κ1) is 24.1. The Labute approximate surface area is 196 Å². The predicted octanol–water partition coefficient (Wildman–Crippen LogP) is 3.15. The molecule has 0 radical (unpaired) electrons. The van der Waals surface area contributed by atoms with E-state index in [9.17, 15) is 13.2 Å². The molecule has 1 fully saturated rings. The van der Waals surface area contributed by atoms with Gasteiger partial charge in [-0.15, -0.1) is 0 Å². The first-order valence-electron chi connectivity index (χ1n) is 11.8. The summed E-state index contributed by atoms with van der Waals surface area (Å²) in [6.07, 6.45) is 5.49. The average Bonchev–Trinajstić information content (AvgIpc) is 2.81. The van der Waals surface area contributed by atoms with Gasteiger partial charge in [0.1, 0.15) is 0 Å². The molecular weight excluding hydrogens is 438 g/mol. The summed E-state index contributed by atoms with van der Waals surface area (Å²) in [5.74, 6) is 0.561. The minimum absolute atomic E-state index is 0.0670. The number of pyridine rings is 1. The molecule has 2 atom stereocenters. The average molecular weight is 474 g/mol. The molecule has 2 aliphatic rings. The van der Waals surface area contributed by atoms with E-state index in [4.69, 9.17) is 4.74 Å². The lowest BCUT2D eigenvalue weighted by Crippen LogP contribution is -2.52. The number of fused-ring (bicyclic) bond motifs is 1. The lowest BCUT2D eigenvalue weighted by atomic mass is 9.83. The molecule has 1 aromatic heterocycles. The van der Waals surface area contributed by atoms with E-state index in [2.05, 4.69) is 29.0 Å². The molecule has 0 bridgehead atoms. The molecule has 7 nitrogen and oxygen atoms in total. The number of aryl methyl sites for hydroxylation is 2. The Kier molecular flexibility index (Phi) is 7.38. The predicted molar refractivity (Wildman–Crippen MR) is 130 cm³/mol. The highest BCUT2D eigenvalue weighted by atomic mass is 32.2. The number of aromatic nitrogens is 1.